The number of hydrogen-bond donors (Lipinski definition) is 0. The zero-order valence-corrected chi connectivity index (χ0v) is 15.6. The third kappa shape index (κ3) is 4.17. The van der Waals surface area contributed by atoms with E-state index in [9.17, 15) is 70.2 Å². The molecule has 0 aliphatic carbocycles. The summed E-state index contributed by atoms with van der Waals surface area (Å²) in [6, 6.07) is 0. The molecule has 0 radical (unpaired) electrons. The normalized spacial score (nSPS) is 16.0. The lowest BCUT2D eigenvalue weighted by molar-refractivity contribution is -0.453. The smallest absolute Gasteiger partial charge is 0.200 e. The van der Waals surface area contributed by atoms with Crippen LogP contribution in [0, 0.1) is 0 Å². The molecule has 0 heterocycles. The highest BCUT2D eigenvalue weighted by atomic mass is 19.4. The van der Waals surface area contributed by atoms with E-state index in [2.05, 4.69) is 6.58 Å². The zero-order chi connectivity index (χ0) is 26.2. The summed E-state index contributed by atoms with van der Waals surface area (Å²) in [5.74, 6) is -60.6. The first-order chi connectivity index (χ1) is 13.9. The van der Waals surface area contributed by atoms with Gasteiger partial charge in [-0.2, -0.15) is 70.2 Å². The van der Waals surface area contributed by atoms with Crippen molar-refractivity contribution >= 4 is 0 Å². The lowest BCUT2D eigenvalue weighted by atomic mass is 9.86. The molecule has 0 amide bonds. The minimum Gasteiger partial charge on any atom is -0.200 e. The summed E-state index contributed by atoms with van der Waals surface area (Å²) in [6.07, 6.45) is -5.31. The fraction of sp³-hybridized carbons (Fsp3) is 0.750. The van der Waals surface area contributed by atoms with E-state index in [-0.39, 0.29) is 6.08 Å². The van der Waals surface area contributed by atoms with Crippen molar-refractivity contribution in [1.29, 1.82) is 0 Å². The molecule has 0 rings (SSSR count). The van der Waals surface area contributed by atoms with Crippen LogP contribution in [0.3, 0.4) is 0 Å². The van der Waals surface area contributed by atoms with E-state index in [1.165, 1.54) is 0 Å². The molecule has 0 aromatic heterocycles. The maximum Gasteiger partial charge on any atom is 0.384 e. The standard InChI is InChI=1S/C16H14F16/c1-3-5-7-9(17,18)11(21,22)13(25,26)15(29,30)16(31,32)14(27,28)12(23,24)10(19,20)8-6-4-2/h3-4,6H,1,5,7-8H2,2H3/b6-4+. The average Bonchev–Trinajstić information content (AvgIpc) is 2.63. The summed E-state index contributed by atoms with van der Waals surface area (Å²) < 4.78 is 216. The second kappa shape index (κ2) is 8.61. The van der Waals surface area contributed by atoms with Crippen LogP contribution in [0.1, 0.15) is 26.2 Å². The molecule has 16 heteroatoms. The average molecular weight is 510 g/mol. The van der Waals surface area contributed by atoms with Crippen molar-refractivity contribution in [3.63, 3.8) is 0 Å². The van der Waals surface area contributed by atoms with Gasteiger partial charge >= 0.3 is 47.4 Å². The van der Waals surface area contributed by atoms with Gasteiger partial charge in [0, 0.05) is 12.8 Å². The summed E-state index contributed by atoms with van der Waals surface area (Å²) in [7, 11) is 0. The van der Waals surface area contributed by atoms with Crippen molar-refractivity contribution in [2.45, 2.75) is 73.6 Å². The van der Waals surface area contributed by atoms with Gasteiger partial charge in [0.2, 0.25) is 0 Å². The molecule has 0 saturated heterocycles. The summed E-state index contributed by atoms with van der Waals surface area (Å²) in [4.78, 5) is 0. The first-order valence-electron chi connectivity index (χ1n) is 8.12. The largest absolute Gasteiger partial charge is 0.384 e. The molecule has 0 spiro atoms. The van der Waals surface area contributed by atoms with E-state index in [4.69, 9.17) is 0 Å². The fourth-order valence-electron chi connectivity index (χ4n) is 2.08. The van der Waals surface area contributed by atoms with Crippen LogP contribution in [0.5, 0.6) is 0 Å². The lowest BCUT2D eigenvalue weighted by Gasteiger charge is -2.43. The molecule has 0 N–H and O–H groups in total. The molecule has 32 heavy (non-hydrogen) atoms. The van der Waals surface area contributed by atoms with Crippen molar-refractivity contribution in [2.24, 2.45) is 0 Å². The molecule has 0 aliphatic rings. The Hall–Kier alpha value is -1.64. The second-order valence-electron chi connectivity index (χ2n) is 6.46. The molecule has 0 aromatic rings. The Bertz CT molecular complexity index is 688. The van der Waals surface area contributed by atoms with Gasteiger partial charge in [0.15, 0.2) is 0 Å². The van der Waals surface area contributed by atoms with Gasteiger partial charge in [-0.3, -0.25) is 0 Å². The van der Waals surface area contributed by atoms with Gasteiger partial charge < -0.3 is 0 Å². The molecule has 0 unspecified atom stereocenters. The van der Waals surface area contributed by atoms with Crippen LogP contribution < -0.4 is 0 Å². The molecule has 0 saturated carbocycles. The van der Waals surface area contributed by atoms with Crippen LogP contribution >= 0.6 is 0 Å². The lowest BCUT2D eigenvalue weighted by Crippen LogP contribution is -2.74. The Morgan fingerprint density at radius 1 is 0.531 bits per heavy atom. The Kier molecular flexibility index (Phi) is 8.17. The number of allylic oxidation sites excluding steroid dienone is 3. The van der Waals surface area contributed by atoms with Crippen molar-refractivity contribution < 1.29 is 70.2 Å². The van der Waals surface area contributed by atoms with Gasteiger partial charge in [0.05, 0.1) is 0 Å². The predicted molar refractivity (Wildman–Crippen MR) is 78.4 cm³/mol. The monoisotopic (exact) mass is 510 g/mol. The molecule has 0 fully saturated rings. The van der Waals surface area contributed by atoms with E-state index in [1.54, 1.807) is 0 Å². The Morgan fingerprint density at radius 2 is 0.844 bits per heavy atom. The quantitative estimate of drug-likeness (QED) is 0.184. The second-order valence-corrected chi connectivity index (χ2v) is 6.46. The van der Waals surface area contributed by atoms with E-state index in [0.717, 1.165) is 6.92 Å². The van der Waals surface area contributed by atoms with Gasteiger partial charge in [-0.1, -0.05) is 18.2 Å². The SMILES string of the molecule is C=CCCC(F)(F)C(F)(F)C(F)(F)C(F)(F)C(F)(F)C(F)(F)C(F)(F)C(F)(F)C/C=C/C. The molecular weight excluding hydrogens is 496 g/mol. The van der Waals surface area contributed by atoms with E-state index in [1.807, 2.05) is 0 Å². The molecule has 0 atom stereocenters. The van der Waals surface area contributed by atoms with Crippen LogP contribution in [-0.4, -0.2) is 47.4 Å². The maximum atomic E-state index is 13.6. The van der Waals surface area contributed by atoms with Crippen LogP contribution in [0.15, 0.2) is 24.8 Å². The summed E-state index contributed by atoms with van der Waals surface area (Å²) >= 11 is 0. The molecular formula is C16H14F16. The van der Waals surface area contributed by atoms with E-state index in [0.29, 0.717) is 12.2 Å². The third-order valence-electron chi connectivity index (χ3n) is 4.16. The Morgan fingerprint density at radius 3 is 1.16 bits per heavy atom. The van der Waals surface area contributed by atoms with Crippen LogP contribution in [0.2, 0.25) is 0 Å². The molecule has 0 aliphatic heterocycles. The minimum atomic E-state index is -8.37. The van der Waals surface area contributed by atoms with Gasteiger partial charge in [-0.25, -0.2) is 0 Å². The first kappa shape index (κ1) is 30.4. The van der Waals surface area contributed by atoms with Crippen molar-refractivity contribution in [1.82, 2.24) is 0 Å². The summed E-state index contributed by atoms with van der Waals surface area (Å²) in [5, 5.41) is 0. The molecule has 0 nitrogen and oxygen atoms in total. The topological polar surface area (TPSA) is 0 Å². The number of alkyl halides is 16. The first-order valence-corrected chi connectivity index (χ1v) is 8.12. The maximum absolute atomic E-state index is 13.6. The Balaban J connectivity index is 6.67. The Labute approximate surface area is 169 Å². The highest BCUT2D eigenvalue weighted by Gasteiger charge is 2.94. The molecule has 0 bridgehead atoms. The van der Waals surface area contributed by atoms with Crippen LogP contribution in [0.25, 0.3) is 0 Å². The predicted octanol–water partition coefficient (Wildman–Crippen LogP) is 8.00. The van der Waals surface area contributed by atoms with E-state index < -0.39 is 66.6 Å². The highest BCUT2D eigenvalue weighted by molar-refractivity contribution is 5.16. The van der Waals surface area contributed by atoms with Crippen molar-refractivity contribution in [2.75, 3.05) is 0 Å². The van der Waals surface area contributed by atoms with Crippen molar-refractivity contribution in [3.8, 4) is 0 Å². The van der Waals surface area contributed by atoms with Gasteiger partial charge in [0.1, 0.15) is 0 Å². The molecule has 0 aromatic carbocycles. The van der Waals surface area contributed by atoms with E-state index >= 15 is 0 Å². The number of rotatable bonds is 12. The van der Waals surface area contributed by atoms with Crippen LogP contribution in [-0.2, 0) is 0 Å². The summed E-state index contributed by atoms with van der Waals surface area (Å²) in [5.41, 5.74) is 0. The zero-order valence-electron chi connectivity index (χ0n) is 15.6. The molecule has 190 valence electrons. The third-order valence-corrected chi connectivity index (χ3v) is 4.16. The highest BCUT2D eigenvalue weighted by Crippen LogP contribution is 2.64. The van der Waals surface area contributed by atoms with Crippen LogP contribution in [0.4, 0.5) is 70.2 Å². The van der Waals surface area contributed by atoms with Gasteiger partial charge in [0.25, 0.3) is 0 Å². The van der Waals surface area contributed by atoms with Gasteiger partial charge in [-0.15, -0.1) is 6.58 Å². The minimum absolute atomic E-state index is 0.0107. The fourth-order valence-corrected chi connectivity index (χ4v) is 2.08. The van der Waals surface area contributed by atoms with Gasteiger partial charge in [-0.05, 0) is 13.3 Å². The summed E-state index contributed by atoms with van der Waals surface area (Å²) in [6.45, 7) is 3.56. The number of halogens is 16. The number of hydrogen-bond acceptors (Lipinski definition) is 0. The van der Waals surface area contributed by atoms with Crippen molar-refractivity contribution in [3.05, 3.63) is 24.8 Å².